The summed E-state index contributed by atoms with van der Waals surface area (Å²) in [5, 5.41) is 3.26. The van der Waals surface area contributed by atoms with Crippen LogP contribution in [0.15, 0.2) is 30.0 Å². The van der Waals surface area contributed by atoms with Crippen LogP contribution < -0.4 is 0 Å². The van der Waals surface area contributed by atoms with E-state index < -0.39 is 0 Å². The fourth-order valence-electron chi connectivity index (χ4n) is 1.86. The van der Waals surface area contributed by atoms with Crippen LogP contribution in [0.3, 0.4) is 0 Å². The quantitative estimate of drug-likeness (QED) is 0.723. The van der Waals surface area contributed by atoms with Gasteiger partial charge in [0.05, 0.1) is 15.5 Å². The van der Waals surface area contributed by atoms with Gasteiger partial charge in [0.25, 0.3) is 0 Å². The summed E-state index contributed by atoms with van der Waals surface area (Å²) in [4.78, 5) is 20.1. The molecule has 1 N–H and O–H groups in total. The molecular formula is C13H9ClN2OS. The zero-order chi connectivity index (χ0) is 12.7. The molecule has 3 nitrogen and oxygen atoms in total. The zero-order valence-electron chi connectivity index (χ0n) is 9.53. The molecule has 0 aliphatic rings. The fourth-order valence-corrected chi connectivity index (χ4v) is 3.09. The van der Waals surface area contributed by atoms with Gasteiger partial charge in [0.2, 0.25) is 5.78 Å². The summed E-state index contributed by atoms with van der Waals surface area (Å²) in [7, 11) is 0. The van der Waals surface area contributed by atoms with E-state index in [1.165, 1.54) is 11.3 Å². The minimum Gasteiger partial charge on any atom is -0.360 e. The molecule has 0 aliphatic heterocycles. The molecule has 3 aromatic heterocycles. The number of hydrogen-bond acceptors (Lipinski definition) is 3. The molecule has 3 aromatic rings. The second kappa shape index (κ2) is 4.23. The number of H-pyrrole nitrogens is 1. The molecule has 0 radical (unpaired) electrons. The van der Waals surface area contributed by atoms with Crippen molar-refractivity contribution in [3.8, 4) is 0 Å². The Labute approximate surface area is 112 Å². The monoisotopic (exact) mass is 276 g/mol. The fraction of sp³-hybridized carbons (Fsp3) is 0.0769. The molecule has 0 aliphatic carbocycles. The van der Waals surface area contributed by atoms with Crippen LogP contribution in [0.1, 0.15) is 20.8 Å². The number of hydrogen-bond donors (Lipinski definition) is 1. The number of thiophene rings is 1. The van der Waals surface area contributed by atoms with Crippen molar-refractivity contribution in [2.75, 3.05) is 0 Å². The number of carbonyl (C=O) groups excluding carboxylic acids is 1. The predicted octanol–water partition coefficient (Wildman–Crippen LogP) is 3.82. The number of nitrogens with one attached hydrogen (secondary N) is 1. The first-order valence-electron chi connectivity index (χ1n) is 5.38. The highest BCUT2D eigenvalue weighted by Crippen LogP contribution is 2.31. The van der Waals surface area contributed by atoms with Crippen LogP contribution in [0.5, 0.6) is 0 Å². The zero-order valence-corrected chi connectivity index (χ0v) is 11.1. The maximum Gasteiger partial charge on any atom is 0.206 e. The highest BCUT2D eigenvalue weighted by molar-refractivity contribution is 7.13. The van der Waals surface area contributed by atoms with Crippen molar-refractivity contribution in [3.05, 3.63) is 51.1 Å². The molecular weight excluding hydrogens is 268 g/mol. The van der Waals surface area contributed by atoms with Crippen LogP contribution in [0.25, 0.3) is 10.9 Å². The summed E-state index contributed by atoms with van der Waals surface area (Å²) in [6.07, 6.45) is 5.09. The molecule has 3 rings (SSSR count). The minimum atomic E-state index is -0.0580. The predicted molar refractivity (Wildman–Crippen MR) is 73.6 cm³/mol. The van der Waals surface area contributed by atoms with Crippen LogP contribution in [0, 0.1) is 6.92 Å². The highest BCUT2D eigenvalue weighted by Gasteiger charge is 2.19. The van der Waals surface area contributed by atoms with Gasteiger partial charge in [-0.2, -0.15) is 0 Å². The normalized spacial score (nSPS) is 11.0. The number of aromatic nitrogens is 2. The number of aryl methyl sites for hydroxylation is 1. The second-order valence-corrected chi connectivity index (χ2v) is 5.27. The van der Waals surface area contributed by atoms with Crippen LogP contribution in [-0.4, -0.2) is 15.8 Å². The maximum absolute atomic E-state index is 12.4. The maximum atomic E-state index is 12.4. The van der Waals surface area contributed by atoms with Gasteiger partial charge in [-0.3, -0.25) is 9.78 Å². The molecule has 0 aromatic carbocycles. The average molecular weight is 277 g/mol. The van der Waals surface area contributed by atoms with E-state index in [1.54, 1.807) is 18.6 Å². The van der Waals surface area contributed by atoms with Gasteiger partial charge in [-0.25, -0.2) is 0 Å². The first-order chi connectivity index (χ1) is 8.68. The van der Waals surface area contributed by atoms with Gasteiger partial charge < -0.3 is 4.98 Å². The summed E-state index contributed by atoms with van der Waals surface area (Å²) in [5.41, 5.74) is 2.45. The van der Waals surface area contributed by atoms with E-state index in [1.807, 2.05) is 18.4 Å². The third-order valence-corrected chi connectivity index (χ3v) is 4.53. The number of ketones is 1. The Morgan fingerprint density at radius 1 is 1.50 bits per heavy atom. The van der Waals surface area contributed by atoms with Crippen LogP contribution in [-0.2, 0) is 0 Å². The first-order valence-corrected chi connectivity index (χ1v) is 6.63. The number of fused-ring (bicyclic) bond motifs is 1. The SMILES string of the molecule is Cc1csc(C(=O)c2c[nH]c3ccncc23)c1Cl. The van der Waals surface area contributed by atoms with Crippen molar-refractivity contribution < 1.29 is 4.79 Å². The van der Waals surface area contributed by atoms with Crippen molar-refractivity contribution in [1.29, 1.82) is 0 Å². The lowest BCUT2D eigenvalue weighted by Crippen LogP contribution is -1.98. The highest BCUT2D eigenvalue weighted by atomic mass is 35.5. The van der Waals surface area contributed by atoms with E-state index in [4.69, 9.17) is 11.6 Å². The Kier molecular flexibility index (Phi) is 2.69. The van der Waals surface area contributed by atoms with Crippen molar-refractivity contribution in [1.82, 2.24) is 9.97 Å². The number of rotatable bonds is 2. The number of halogens is 1. The van der Waals surface area contributed by atoms with Gasteiger partial charge in [0.15, 0.2) is 0 Å². The third-order valence-electron chi connectivity index (χ3n) is 2.83. The molecule has 0 atom stereocenters. The van der Waals surface area contributed by atoms with Gasteiger partial charge in [-0.05, 0) is 23.9 Å². The van der Waals surface area contributed by atoms with Crippen LogP contribution in [0.4, 0.5) is 0 Å². The van der Waals surface area contributed by atoms with Gasteiger partial charge in [-0.1, -0.05) is 11.6 Å². The largest absolute Gasteiger partial charge is 0.360 e. The third kappa shape index (κ3) is 1.65. The minimum absolute atomic E-state index is 0.0580. The standard InChI is InChI=1S/C13H9ClN2OS/c1-7-6-18-13(11(7)14)12(17)9-5-16-10-2-3-15-4-8(9)10/h2-6,16H,1H3. The van der Waals surface area contributed by atoms with E-state index in [2.05, 4.69) is 9.97 Å². The molecule has 18 heavy (non-hydrogen) atoms. The van der Waals surface area contributed by atoms with E-state index >= 15 is 0 Å². The number of nitrogens with zero attached hydrogens (tertiary/aromatic N) is 1. The van der Waals surface area contributed by atoms with Crippen LogP contribution in [0.2, 0.25) is 5.02 Å². The lowest BCUT2D eigenvalue weighted by atomic mass is 10.1. The summed E-state index contributed by atoms with van der Waals surface area (Å²) < 4.78 is 0. The molecule has 3 heterocycles. The Morgan fingerprint density at radius 2 is 2.33 bits per heavy atom. The summed E-state index contributed by atoms with van der Waals surface area (Å²) >= 11 is 7.51. The van der Waals surface area contributed by atoms with E-state index in [-0.39, 0.29) is 5.78 Å². The van der Waals surface area contributed by atoms with E-state index in [0.29, 0.717) is 15.5 Å². The van der Waals surface area contributed by atoms with Gasteiger partial charge in [0, 0.05) is 29.5 Å². The Hall–Kier alpha value is -1.65. The average Bonchev–Trinajstić information content (AvgIpc) is 2.94. The number of carbonyl (C=O) groups is 1. The number of pyridine rings is 1. The molecule has 0 unspecified atom stereocenters. The van der Waals surface area contributed by atoms with Gasteiger partial charge >= 0.3 is 0 Å². The molecule has 0 bridgehead atoms. The van der Waals surface area contributed by atoms with Crippen molar-refractivity contribution in [2.24, 2.45) is 0 Å². The molecule has 0 fully saturated rings. The summed E-state index contributed by atoms with van der Waals surface area (Å²) in [5.74, 6) is -0.0580. The Morgan fingerprint density at radius 3 is 3.06 bits per heavy atom. The summed E-state index contributed by atoms with van der Waals surface area (Å²) in [6, 6.07) is 1.84. The second-order valence-electron chi connectivity index (χ2n) is 4.01. The molecule has 90 valence electrons. The molecule has 5 heteroatoms. The van der Waals surface area contributed by atoms with E-state index in [9.17, 15) is 4.79 Å². The lowest BCUT2D eigenvalue weighted by molar-refractivity contribution is 0.104. The Balaban J connectivity index is 2.15. The van der Waals surface area contributed by atoms with Crippen molar-refractivity contribution >= 4 is 39.6 Å². The topological polar surface area (TPSA) is 45.8 Å². The van der Waals surface area contributed by atoms with Crippen molar-refractivity contribution in [2.45, 2.75) is 6.92 Å². The lowest BCUT2D eigenvalue weighted by Gasteiger charge is -1.97. The van der Waals surface area contributed by atoms with Gasteiger partial charge in [-0.15, -0.1) is 11.3 Å². The summed E-state index contributed by atoms with van der Waals surface area (Å²) in [6.45, 7) is 1.90. The first kappa shape index (κ1) is 11.4. The van der Waals surface area contributed by atoms with Crippen LogP contribution >= 0.6 is 22.9 Å². The molecule has 0 spiro atoms. The molecule has 0 saturated carbocycles. The van der Waals surface area contributed by atoms with Crippen molar-refractivity contribution in [3.63, 3.8) is 0 Å². The molecule has 0 amide bonds. The molecule has 0 saturated heterocycles. The van der Waals surface area contributed by atoms with Gasteiger partial charge in [0.1, 0.15) is 0 Å². The van der Waals surface area contributed by atoms with E-state index in [0.717, 1.165) is 16.5 Å². The number of aromatic amines is 1. The Bertz CT molecular complexity index is 744. The smallest absolute Gasteiger partial charge is 0.206 e.